The Labute approximate surface area is 565 Å². The fraction of sp³-hybridized carbons (Fsp3) is 0.611. The number of anilines is 2. The van der Waals surface area contributed by atoms with Gasteiger partial charge in [-0.15, -0.1) is 0 Å². The maximum atomic E-state index is 13.4. The monoisotopic (exact) mass is 1330 g/mol. The van der Waals surface area contributed by atoms with Gasteiger partial charge in [0.1, 0.15) is 53.2 Å². The zero-order valence-corrected chi connectivity index (χ0v) is 58.9. The SMILES string of the molecule is CC(C)(C)OC(=O)CN=[NH2+].[C-]#[N+]c1ccc(OC2C(C)(C)C(CC(=O)c3ccc(N4CCN(C5CC(O)C5)CC4)nc3)C2(C)C)cc1Cl.[C-]#[N+]c1ccc(OC2C(C)(C)C(CC(=O)c3ccc(N4CCN(C5CC(OCC(=O)OC(C)(C)C)C5)CC4)nc3)C2(C)C)cc1Cl. The molecule has 3 N–H and O–H groups in total. The number of aromatic nitrogens is 2. The van der Waals surface area contributed by atoms with Crippen LogP contribution in [-0.2, 0) is 23.8 Å². The molecule has 4 heterocycles. The van der Waals surface area contributed by atoms with Gasteiger partial charge in [0.05, 0.1) is 35.4 Å². The highest BCUT2D eigenvalue weighted by atomic mass is 35.5. The number of piperazine rings is 2. The zero-order chi connectivity index (χ0) is 68.9. The molecular formula is C72H97Cl2N10O10+. The molecule has 10 rings (SSSR count). The Hall–Kier alpha value is -6.78. The Bertz CT molecular complexity index is 3390. The summed E-state index contributed by atoms with van der Waals surface area (Å²) in [6.07, 6.45) is 7.73. The first-order valence-corrected chi connectivity index (χ1v) is 33.5. The fourth-order valence-corrected chi connectivity index (χ4v) is 15.6. The minimum absolute atomic E-state index is 0.00799. The van der Waals surface area contributed by atoms with Crippen molar-refractivity contribution in [3.63, 3.8) is 0 Å². The Balaban J connectivity index is 0.000000213. The smallest absolute Gasteiger partial charge is 0.334 e. The first-order chi connectivity index (χ1) is 44.0. The van der Waals surface area contributed by atoms with Crippen molar-refractivity contribution in [3.05, 3.63) is 117 Å². The maximum absolute atomic E-state index is 13.4. The Kier molecular flexibility index (Phi) is 23.1. The lowest BCUT2D eigenvalue weighted by Crippen LogP contribution is -2.66. The molecule has 4 aromatic rings. The van der Waals surface area contributed by atoms with Crippen LogP contribution in [0.4, 0.5) is 23.0 Å². The van der Waals surface area contributed by atoms with Crippen LogP contribution in [0.2, 0.25) is 10.0 Å². The Morgan fingerprint density at radius 1 is 0.596 bits per heavy atom. The van der Waals surface area contributed by atoms with Crippen molar-refractivity contribution in [2.75, 3.05) is 75.3 Å². The lowest BCUT2D eigenvalue weighted by Gasteiger charge is -2.63. The number of benzene rings is 2. The van der Waals surface area contributed by atoms with Crippen molar-refractivity contribution in [3.8, 4) is 11.5 Å². The van der Waals surface area contributed by atoms with Crippen LogP contribution in [0.15, 0.2) is 78.2 Å². The number of nitrogens with zero attached hydrogens (tertiary/aromatic N) is 9. The molecule has 0 spiro atoms. The van der Waals surface area contributed by atoms with Crippen LogP contribution in [0.5, 0.6) is 11.5 Å². The molecule has 0 amide bonds. The van der Waals surface area contributed by atoms with Crippen LogP contribution in [0.25, 0.3) is 9.69 Å². The van der Waals surface area contributed by atoms with E-state index in [2.05, 4.69) is 99.8 Å². The third-order valence-electron chi connectivity index (χ3n) is 19.8. The number of aliphatic hydroxyl groups is 1. The number of ketones is 2. The number of ether oxygens (including phenoxy) is 5. The van der Waals surface area contributed by atoms with E-state index in [-0.39, 0.29) is 88.6 Å². The summed E-state index contributed by atoms with van der Waals surface area (Å²) >= 11 is 12.5. The first-order valence-electron chi connectivity index (χ1n) is 32.8. The molecule has 0 radical (unpaired) electrons. The molecule has 508 valence electrons. The van der Waals surface area contributed by atoms with Crippen LogP contribution in [0, 0.1) is 46.6 Å². The molecule has 6 aliphatic rings. The van der Waals surface area contributed by atoms with Gasteiger partial charge in [-0.2, -0.15) is 5.53 Å². The summed E-state index contributed by atoms with van der Waals surface area (Å²) in [5.41, 5.74) is 5.02. The number of esters is 2. The number of rotatable bonds is 19. The third kappa shape index (κ3) is 17.6. The van der Waals surface area contributed by atoms with Gasteiger partial charge in [0.25, 0.3) is 0 Å². The molecule has 2 saturated heterocycles. The number of carbonyl (C=O) groups is 4. The Morgan fingerprint density at radius 3 is 1.31 bits per heavy atom. The van der Waals surface area contributed by atoms with Gasteiger partial charge in [0.2, 0.25) is 11.4 Å². The molecule has 0 unspecified atom stereocenters. The number of hydrogen-bond acceptors (Lipinski definition) is 17. The zero-order valence-electron chi connectivity index (χ0n) is 57.3. The summed E-state index contributed by atoms with van der Waals surface area (Å²) in [6.45, 7) is 49.9. The van der Waals surface area contributed by atoms with Crippen LogP contribution < -0.4 is 24.8 Å². The second kappa shape index (κ2) is 29.7. The van der Waals surface area contributed by atoms with Crippen molar-refractivity contribution in [2.24, 2.45) is 38.6 Å². The third-order valence-corrected chi connectivity index (χ3v) is 20.4. The van der Waals surface area contributed by atoms with Gasteiger partial charge in [0, 0.05) is 122 Å². The second-order valence-corrected chi connectivity index (χ2v) is 31.1. The van der Waals surface area contributed by atoms with E-state index in [1.165, 1.54) is 0 Å². The number of nitrogens with two attached hydrogens (primary N) is 1. The molecule has 4 aliphatic carbocycles. The highest BCUT2D eigenvalue weighted by Gasteiger charge is 2.64. The number of carbonyl (C=O) groups excluding carboxylic acids is 4. The lowest BCUT2D eigenvalue weighted by molar-refractivity contribution is -0.223. The van der Waals surface area contributed by atoms with E-state index < -0.39 is 17.2 Å². The van der Waals surface area contributed by atoms with E-state index in [0.717, 1.165) is 89.7 Å². The molecule has 2 aromatic carbocycles. The number of halogens is 2. The summed E-state index contributed by atoms with van der Waals surface area (Å²) < 4.78 is 28.7. The minimum atomic E-state index is -0.496. The van der Waals surface area contributed by atoms with Gasteiger partial charge in [-0.05, 0) is 133 Å². The first kappa shape index (κ1) is 73.0. The van der Waals surface area contributed by atoms with Gasteiger partial charge < -0.3 is 38.6 Å². The standard InChI is InChI=1S/C36H47ClN4O5.C30H37ClN4O3.C6H12N2O2/c1-34(2,3)46-32(43)22-44-26-17-24(18-26)40-13-15-41(16-14-40)31-12-9-23(21-39-31)29(42)20-30-35(4,5)33(36(30,6)7)45-25-10-11-28(38-8)27(37)19-25;1-29(2)26(30(3,4)28(29)38-22-7-8-24(32-5)23(31)16-22)17-25(37)19-6-9-27(33-18-19)35-12-10-34(11-13-35)20-14-21(36)15-20;1-6(2,3)10-5(9)4-8-7/h9-12,19,21,24,26,30,33H,13-18,20,22H2,1-7H3;6-9,16,18,20-21,26,28,36H,10-15,17H2,1-4H3;7H,4H2,1-3H3/p+1. The van der Waals surface area contributed by atoms with Crippen molar-refractivity contribution >= 4 is 69.7 Å². The quantitative estimate of drug-likeness (QED) is 0.0386. The van der Waals surface area contributed by atoms with Crippen LogP contribution in [0.1, 0.15) is 156 Å². The van der Waals surface area contributed by atoms with Crippen molar-refractivity contribution in [1.29, 1.82) is 0 Å². The molecular weight excluding hydrogens is 1240 g/mol. The van der Waals surface area contributed by atoms with E-state index in [4.69, 9.17) is 65.6 Å². The van der Waals surface area contributed by atoms with Crippen molar-refractivity contribution in [2.45, 2.75) is 183 Å². The highest BCUT2D eigenvalue weighted by Crippen LogP contribution is 2.63. The molecule has 4 saturated carbocycles. The predicted molar refractivity (Wildman–Crippen MR) is 363 cm³/mol. The fourth-order valence-electron chi connectivity index (χ4n) is 15.2. The average Bonchev–Trinajstić information content (AvgIpc) is 0.715. The maximum Gasteiger partial charge on any atom is 0.334 e. The molecule has 0 bridgehead atoms. The normalized spacial score (nSPS) is 25.0. The summed E-state index contributed by atoms with van der Waals surface area (Å²) in [5, 5.41) is 13.5. The average molecular weight is 1330 g/mol. The minimum Gasteiger partial charge on any atom is -0.489 e. The largest absolute Gasteiger partial charge is 0.489 e. The van der Waals surface area contributed by atoms with E-state index in [0.29, 0.717) is 69.0 Å². The summed E-state index contributed by atoms with van der Waals surface area (Å²) in [7, 11) is 0. The molecule has 6 fully saturated rings. The highest BCUT2D eigenvalue weighted by molar-refractivity contribution is 6.33. The summed E-state index contributed by atoms with van der Waals surface area (Å²) in [6, 6.07) is 19.1. The molecule has 22 heteroatoms. The van der Waals surface area contributed by atoms with Gasteiger partial charge in [0.15, 0.2) is 18.1 Å². The predicted octanol–water partition coefficient (Wildman–Crippen LogP) is 12.2. The molecule has 0 atom stereocenters. The molecule has 20 nitrogen and oxygen atoms in total. The summed E-state index contributed by atoms with van der Waals surface area (Å²) in [4.78, 5) is 75.0. The van der Waals surface area contributed by atoms with E-state index in [1.54, 1.807) is 69.6 Å². The van der Waals surface area contributed by atoms with Crippen molar-refractivity contribution in [1.82, 2.24) is 19.8 Å². The topological polar surface area (TPSA) is 220 Å². The van der Waals surface area contributed by atoms with Crippen LogP contribution in [0.3, 0.4) is 0 Å². The van der Waals surface area contributed by atoms with Crippen LogP contribution in [-0.4, -0.2) is 162 Å². The van der Waals surface area contributed by atoms with Crippen LogP contribution >= 0.6 is 23.2 Å². The summed E-state index contributed by atoms with van der Waals surface area (Å²) in [5.74, 6) is 2.83. The van der Waals surface area contributed by atoms with E-state index in [9.17, 15) is 24.3 Å². The number of aliphatic hydroxyl groups excluding tert-OH is 1. The Morgan fingerprint density at radius 2 is 0.979 bits per heavy atom. The van der Waals surface area contributed by atoms with E-state index >= 15 is 0 Å². The molecule has 2 aliphatic heterocycles. The van der Waals surface area contributed by atoms with Gasteiger partial charge in [-0.1, -0.05) is 90.7 Å². The number of hydrogen-bond donors (Lipinski definition) is 2. The van der Waals surface area contributed by atoms with Gasteiger partial charge in [-0.3, -0.25) is 19.4 Å². The van der Waals surface area contributed by atoms with Gasteiger partial charge >= 0.3 is 11.9 Å². The molecule has 2 aromatic heterocycles. The number of pyridine rings is 2. The second-order valence-electron chi connectivity index (χ2n) is 30.3. The van der Waals surface area contributed by atoms with E-state index in [1.807, 2.05) is 45.0 Å². The van der Waals surface area contributed by atoms with Gasteiger partial charge in [-0.25, -0.2) is 29.2 Å². The number of Topliss-reactive ketones (excluding diaryl/α,β-unsaturated/α-hetero) is 2. The molecule has 94 heavy (non-hydrogen) atoms. The lowest BCUT2D eigenvalue weighted by atomic mass is 9.44. The van der Waals surface area contributed by atoms with Crippen molar-refractivity contribution < 1.29 is 53.5 Å².